The van der Waals surface area contributed by atoms with Crippen molar-refractivity contribution in [1.82, 2.24) is 15.6 Å². The van der Waals surface area contributed by atoms with Crippen molar-refractivity contribution in [1.29, 1.82) is 0 Å². The molecule has 164 valence electrons. The van der Waals surface area contributed by atoms with Gasteiger partial charge in [0.2, 0.25) is 0 Å². The SMILES string of the molecule is O=C(NCc1cccnc1)/C(=C/c1ccc(-c2ccc(Br)cc2)o1)NC(=O)c1ccccc1. The Balaban J connectivity index is 1.57. The lowest BCUT2D eigenvalue weighted by molar-refractivity contribution is -0.117. The van der Waals surface area contributed by atoms with Crippen LogP contribution in [0.1, 0.15) is 21.7 Å². The Bertz CT molecular complexity index is 1270. The van der Waals surface area contributed by atoms with Gasteiger partial charge in [0.25, 0.3) is 11.8 Å². The van der Waals surface area contributed by atoms with Crippen LogP contribution in [0.2, 0.25) is 0 Å². The van der Waals surface area contributed by atoms with Gasteiger partial charge in [-0.2, -0.15) is 0 Å². The molecule has 7 heteroatoms. The summed E-state index contributed by atoms with van der Waals surface area (Å²) in [5.74, 6) is 0.258. The first-order chi connectivity index (χ1) is 16.1. The van der Waals surface area contributed by atoms with Gasteiger partial charge < -0.3 is 15.1 Å². The molecule has 2 aromatic carbocycles. The molecular formula is C26H20BrN3O3. The molecule has 2 N–H and O–H groups in total. The molecule has 0 radical (unpaired) electrons. The zero-order chi connectivity index (χ0) is 23.0. The second-order valence-corrected chi connectivity index (χ2v) is 8.05. The van der Waals surface area contributed by atoms with Crippen molar-refractivity contribution in [2.75, 3.05) is 0 Å². The first-order valence-electron chi connectivity index (χ1n) is 10.2. The molecule has 0 saturated heterocycles. The van der Waals surface area contributed by atoms with Crippen LogP contribution in [0.3, 0.4) is 0 Å². The van der Waals surface area contributed by atoms with Gasteiger partial charge >= 0.3 is 0 Å². The van der Waals surface area contributed by atoms with Gasteiger partial charge in [0.1, 0.15) is 17.2 Å². The largest absolute Gasteiger partial charge is 0.457 e. The van der Waals surface area contributed by atoms with Gasteiger partial charge in [0, 0.05) is 40.6 Å². The number of hydrogen-bond donors (Lipinski definition) is 2. The minimum absolute atomic E-state index is 0.0736. The van der Waals surface area contributed by atoms with E-state index in [1.54, 1.807) is 48.8 Å². The maximum Gasteiger partial charge on any atom is 0.268 e. The van der Waals surface area contributed by atoms with E-state index in [1.807, 2.05) is 42.5 Å². The molecule has 0 saturated carbocycles. The number of carbonyl (C=O) groups excluding carboxylic acids is 2. The highest BCUT2D eigenvalue weighted by Crippen LogP contribution is 2.25. The number of rotatable bonds is 7. The smallest absolute Gasteiger partial charge is 0.268 e. The van der Waals surface area contributed by atoms with Crippen LogP contribution in [-0.4, -0.2) is 16.8 Å². The average molecular weight is 502 g/mol. The molecule has 0 atom stereocenters. The molecule has 0 aliphatic rings. The first kappa shape index (κ1) is 22.2. The second-order valence-electron chi connectivity index (χ2n) is 7.13. The third-order valence-electron chi connectivity index (χ3n) is 4.75. The number of nitrogens with one attached hydrogen (secondary N) is 2. The van der Waals surface area contributed by atoms with E-state index in [2.05, 4.69) is 31.5 Å². The van der Waals surface area contributed by atoms with Crippen LogP contribution >= 0.6 is 15.9 Å². The number of furan rings is 1. The van der Waals surface area contributed by atoms with E-state index < -0.39 is 11.8 Å². The van der Waals surface area contributed by atoms with Crippen molar-refractivity contribution in [3.05, 3.63) is 118 Å². The molecule has 0 bridgehead atoms. The van der Waals surface area contributed by atoms with Crippen molar-refractivity contribution < 1.29 is 14.0 Å². The summed E-state index contributed by atoms with van der Waals surface area (Å²) in [6, 6.07) is 23.6. The van der Waals surface area contributed by atoms with E-state index in [9.17, 15) is 9.59 Å². The highest BCUT2D eigenvalue weighted by molar-refractivity contribution is 9.10. The molecule has 2 amide bonds. The topological polar surface area (TPSA) is 84.2 Å². The average Bonchev–Trinajstić information content (AvgIpc) is 3.32. The summed E-state index contributed by atoms with van der Waals surface area (Å²) in [6.07, 6.45) is 4.85. The minimum Gasteiger partial charge on any atom is -0.457 e. The van der Waals surface area contributed by atoms with Crippen LogP contribution in [-0.2, 0) is 11.3 Å². The zero-order valence-electron chi connectivity index (χ0n) is 17.5. The fraction of sp³-hybridized carbons (Fsp3) is 0.0385. The van der Waals surface area contributed by atoms with Gasteiger partial charge in [0.05, 0.1) is 0 Å². The van der Waals surface area contributed by atoms with Crippen molar-refractivity contribution in [3.63, 3.8) is 0 Å². The minimum atomic E-state index is -0.440. The maximum atomic E-state index is 12.9. The number of benzene rings is 2. The fourth-order valence-electron chi connectivity index (χ4n) is 3.06. The third-order valence-corrected chi connectivity index (χ3v) is 5.28. The molecule has 2 heterocycles. The van der Waals surface area contributed by atoms with Gasteiger partial charge in [-0.25, -0.2) is 0 Å². The highest BCUT2D eigenvalue weighted by atomic mass is 79.9. The van der Waals surface area contributed by atoms with Crippen molar-refractivity contribution in [3.8, 4) is 11.3 Å². The Morgan fingerprint density at radius 3 is 2.45 bits per heavy atom. The van der Waals surface area contributed by atoms with Gasteiger partial charge in [-0.1, -0.05) is 52.3 Å². The third kappa shape index (κ3) is 6.05. The Morgan fingerprint density at radius 1 is 0.939 bits per heavy atom. The molecule has 0 spiro atoms. The van der Waals surface area contributed by atoms with E-state index in [0.717, 1.165) is 15.6 Å². The van der Waals surface area contributed by atoms with E-state index in [4.69, 9.17) is 4.42 Å². The van der Waals surface area contributed by atoms with Crippen LogP contribution in [0.25, 0.3) is 17.4 Å². The summed E-state index contributed by atoms with van der Waals surface area (Å²) in [5, 5.41) is 5.51. The van der Waals surface area contributed by atoms with E-state index >= 15 is 0 Å². The lowest BCUT2D eigenvalue weighted by Crippen LogP contribution is -2.34. The molecule has 4 rings (SSSR count). The van der Waals surface area contributed by atoms with E-state index in [-0.39, 0.29) is 12.2 Å². The molecule has 0 fully saturated rings. The van der Waals surface area contributed by atoms with Crippen LogP contribution in [0.5, 0.6) is 0 Å². The molecule has 2 aromatic heterocycles. The van der Waals surface area contributed by atoms with Crippen molar-refractivity contribution in [2.24, 2.45) is 0 Å². The number of pyridine rings is 1. The van der Waals surface area contributed by atoms with Gasteiger partial charge in [-0.3, -0.25) is 14.6 Å². The number of hydrogen-bond acceptors (Lipinski definition) is 4. The Kier molecular flexibility index (Phi) is 7.12. The predicted molar refractivity (Wildman–Crippen MR) is 130 cm³/mol. The first-order valence-corrected chi connectivity index (χ1v) is 11.0. The monoisotopic (exact) mass is 501 g/mol. The number of halogens is 1. The Morgan fingerprint density at radius 2 is 1.73 bits per heavy atom. The molecule has 0 aliphatic heterocycles. The molecule has 0 unspecified atom stereocenters. The fourth-order valence-corrected chi connectivity index (χ4v) is 3.33. The summed E-state index contributed by atoms with van der Waals surface area (Å²) in [6.45, 7) is 0.271. The lowest BCUT2D eigenvalue weighted by atomic mass is 10.2. The van der Waals surface area contributed by atoms with Crippen LogP contribution in [0.15, 0.2) is 106 Å². The maximum absolute atomic E-state index is 12.9. The Labute approximate surface area is 199 Å². The summed E-state index contributed by atoms with van der Waals surface area (Å²) in [5.41, 5.74) is 2.26. The summed E-state index contributed by atoms with van der Waals surface area (Å²) < 4.78 is 6.87. The van der Waals surface area contributed by atoms with Crippen LogP contribution in [0, 0.1) is 0 Å². The number of carbonyl (C=O) groups is 2. The standard InChI is InChI=1S/C26H20BrN3O3/c27-21-10-8-19(9-11-21)24-13-12-22(33-24)15-23(30-25(31)20-6-2-1-3-7-20)26(32)29-17-18-5-4-14-28-16-18/h1-16H,17H2,(H,29,32)(H,30,31)/b23-15-. The zero-order valence-corrected chi connectivity index (χ0v) is 19.1. The van der Waals surface area contributed by atoms with Gasteiger partial charge in [-0.05, 0) is 48.0 Å². The Hall–Kier alpha value is -3.97. The van der Waals surface area contributed by atoms with Crippen LogP contribution < -0.4 is 10.6 Å². The lowest BCUT2D eigenvalue weighted by Gasteiger charge is -2.11. The van der Waals surface area contributed by atoms with Gasteiger partial charge in [0.15, 0.2) is 0 Å². The molecule has 4 aromatic rings. The number of amides is 2. The van der Waals surface area contributed by atoms with Crippen LogP contribution in [0.4, 0.5) is 0 Å². The summed E-state index contributed by atoms with van der Waals surface area (Å²) >= 11 is 3.42. The molecule has 0 aliphatic carbocycles. The predicted octanol–water partition coefficient (Wildman–Crippen LogP) is 5.19. The van der Waals surface area contributed by atoms with E-state index in [1.165, 1.54) is 6.08 Å². The normalized spacial score (nSPS) is 11.1. The summed E-state index contributed by atoms with van der Waals surface area (Å²) in [7, 11) is 0. The van der Waals surface area contributed by atoms with Crippen molar-refractivity contribution in [2.45, 2.75) is 6.54 Å². The number of nitrogens with zero attached hydrogens (tertiary/aromatic N) is 1. The second kappa shape index (κ2) is 10.6. The van der Waals surface area contributed by atoms with Gasteiger partial charge in [-0.15, -0.1) is 0 Å². The molecular weight excluding hydrogens is 482 g/mol. The quantitative estimate of drug-likeness (QED) is 0.341. The number of aromatic nitrogens is 1. The highest BCUT2D eigenvalue weighted by Gasteiger charge is 2.16. The van der Waals surface area contributed by atoms with Crippen molar-refractivity contribution >= 4 is 33.8 Å². The molecule has 33 heavy (non-hydrogen) atoms. The summed E-state index contributed by atoms with van der Waals surface area (Å²) in [4.78, 5) is 29.7. The van der Waals surface area contributed by atoms with E-state index in [0.29, 0.717) is 17.1 Å². The molecule has 6 nitrogen and oxygen atoms in total.